The van der Waals surface area contributed by atoms with Gasteiger partial charge in [0.15, 0.2) is 0 Å². The Labute approximate surface area is 107 Å². The van der Waals surface area contributed by atoms with Crippen molar-refractivity contribution in [2.75, 3.05) is 5.73 Å². The summed E-state index contributed by atoms with van der Waals surface area (Å²) in [5, 5.41) is 0.407. The molecular weight excluding hydrogens is 286 g/mol. The van der Waals surface area contributed by atoms with Crippen molar-refractivity contribution < 1.29 is 4.21 Å². The molecule has 1 aromatic rings. The summed E-state index contributed by atoms with van der Waals surface area (Å²) >= 11 is 3.36. The van der Waals surface area contributed by atoms with Gasteiger partial charge >= 0.3 is 0 Å². The Morgan fingerprint density at radius 1 is 1.38 bits per heavy atom. The van der Waals surface area contributed by atoms with Crippen LogP contribution < -0.4 is 5.73 Å². The second-order valence-corrected chi connectivity index (χ2v) is 6.86. The predicted octanol–water partition coefficient (Wildman–Crippen LogP) is 3.22. The average Bonchev–Trinajstić information content (AvgIpc) is 2.77. The van der Waals surface area contributed by atoms with Gasteiger partial charge in [0.1, 0.15) is 0 Å². The summed E-state index contributed by atoms with van der Waals surface area (Å²) in [4.78, 5) is 0. The first-order valence-electron chi connectivity index (χ1n) is 5.58. The summed E-state index contributed by atoms with van der Waals surface area (Å²) in [5.74, 6) is 0.641. The maximum atomic E-state index is 12.1. The smallest absolute Gasteiger partial charge is 0.0489 e. The van der Waals surface area contributed by atoms with E-state index in [1.165, 1.54) is 12.8 Å². The van der Waals surface area contributed by atoms with Crippen LogP contribution in [0.5, 0.6) is 0 Å². The highest BCUT2D eigenvalue weighted by atomic mass is 79.9. The maximum absolute atomic E-state index is 12.1. The number of benzene rings is 1. The standard InChI is InChI=1S/C12H16BrNOS/c13-11-6-5-9(7-12(11)14)8-16(15)10-3-1-2-4-10/h5-7,10H,1-4,8,14H2. The lowest BCUT2D eigenvalue weighted by Crippen LogP contribution is -2.12. The molecule has 16 heavy (non-hydrogen) atoms. The molecule has 0 amide bonds. The van der Waals surface area contributed by atoms with E-state index in [1.54, 1.807) is 0 Å². The van der Waals surface area contributed by atoms with E-state index in [0.717, 1.165) is 28.6 Å². The van der Waals surface area contributed by atoms with Crippen LogP contribution in [-0.4, -0.2) is 9.46 Å². The summed E-state index contributed by atoms with van der Waals surface area (Å²) in [7, 11) is -0.732. The summed E-state index contributed by atoms with van der Waals surface area (Å²) in [6.45, 7) is 0. The molecule has 2 nitrogen and oxygen atoms in total. The molecule has 2 rings (SSSR count). The topological polar surface area (TPSA) is 43.1 Å². The zero-order valence-corrected chi connectivity index (χ0v) is 11.5. The number of hydrogen-bond acceptors (Lipinski definition) is 2. The van der Waals surface area contributed by atoms with Crippen molar-refractivity contribution in [3.63, 3.8) is 0 Å². The molecule has 1 aliphatic rings. The van der Waals surface area contributed by atoms with E-state index in [1.807, 2.05) is 18.2 Å². The number of nitrogen functional groups attached to an aromatic ring is 1. The molecule has 1 fully saturated rings. The number of hydrogen-bond donors (Lipinski definition) is 1. The monoisotopic (exact) mass is 301 g/mol. The Bertz CT molecular complexity index is 402. The van der Waals surface area contributed by atoms with E-state index < -0.39 is 10.8 Å². The Morgan fingerprint density at radius 2 is 2.06 bits per heavy atom. The second kappa shape index (κ2) is 5.32. The number of anilines is 1. The molecule has 1 saturated carbocycles. The fraction of sp³-hybridized carbons (Fsp3) is 0.500. The minimum absolute atomic E-state index is 0.407. The van der Waals surface area contributed by atoms with Crippen molar-refractivity contribution in [3.05, 3.63) is 28.2 Å². The summed E-state index contributed by atoms with van der Waals surface area (Å²) in [5.41, 5.74) is 7.60. The van der Waals surface area contributed by atoms with Crippen molar-refractivity contribution in [1.29, 1.82) is 0 Å². The SMILES string of the molecule is Nc1cc(CS(=O)C2CCCC2)ccc1Br. The van der Waals surface area contributed by atoms with Crippen LogP contribution >= 0.6 is 15.9 Å². The van der Waals surface area contributed by atoms with Crippen LogP contribution in [0.25, 0.3) is 0 Å². The molecule has 0 aliphatic heterocycles. The van der Waals surface area contributed by atoms with E-state index in [0.29, 0.717) is 11.0 Å². The first-order valence-corrected chi connectivity index (χ1v) is 7.75. The predicted molar refractivity (Wildman–Crippen MR) is 72.7 cm³/mol. The van der Waals surface area contributed by atoms with Crippen molar-refractivity contribution in [2.45, 2.75) is 36.7 Å². The fourth-order valence-corrected chi connectivity index (χ4v) is 3.97. The van der Waals surface area contributed by atoms with Crippen molar-refractivity contribution in [3.8, 4) is 0 Å². The van der Waals surface area contributed by atoms with Gasteiger partial charge in [0, 0.05) is 32.0 Å². The van der Waals surface area contributed by atoms with Crippen LogP contribution in [0.3, 0.4) is 0 Å². The Kier molecular flexibility index (Phi) is 4.03. The molecule has 0 bridgehead atoms. The van der Waals surface area contributed by atoms with Gasteiger partial charge in [0.25, 0.3) is 0 Å². The first-order chi connectivity index (χ1) is 7.66. The number of rotatable bonds is 3. The van der Waals surface area contributed by atoms with Crippen LogP contribution in [0.4, 0.5) is 5.69 Å². The quantitative estimate of drug-likeness (QED) is 0.871. The molecule has 2 N–H and O–H groups in total. The highest BCUT2D eigenvalue weighted by Gasteiger charge is 2.21. The lowest BCUT2D eigenvalue weighted by atomic mass is 10.2. The molecule has 88 valence electrons. The van der Waals surface area contributed by atoms with Crippen molar-refractivity contribution in [2.24, 2.45) is 0 Å². The number of halogens is 1. The van der Waals surface area contributed by atoms with Gasteiger partial charge in [0.05, 0.1) is 0 Å². The number of nitrogens with two attached hydrogens (primary N) is 1. The van der Waals surface area contributed by atoms with Crippen LogP contribution in [0.15, 0.2) is 22.7 Å². The molecule has 0 spiro atoms. The zero-order valence-electron chi connectivity index (χ0n) is 9.12. The van der Waals surface area contributed by atoms with Crippen LogP contribution in [0, 0.1) is 0 Å². The van der Waals surface area contributed by atoms with Crippen LogP contribution in [0.1, 0.15) is 31.2 Å². The van der Waals surface area contributed by atoms with Gasteiger partial charge in [-0.3, -0.25) is 4.21 Å². The normalized spacial score (nSPS) is 18.8. The highest BCUT2D eigenvalue weighted by molar-refractivity contribution is 9.10. The summed E-state index contributed by atoms with van der Waals surface area (Å²) in [6.07, 6.45) is 4.72. The first kappa shape index (κ1) is 12.1. The van der Waals surface area contributed by atoms with Gasteiger partial charge in [-0.05, 0) is 46.5 Å². The molecule has 0 aromatic heterocycles. The Morgan fingerprint density at radius 3 is 2.69 bits per heavy atom. The fourth-order valence-electron chi connectivity index (χ4n) is 2.12. The lowest BCUT2D eigenvalue weighted by Gasteiger charge is -2.09. The molecule has 1 unspecified atom stereocenters. The molecule has 1 aliphatic carbocycles. The Hall–Kier alpha value is -0.350. The van der Waals surface area contributed by atoms with E-state index in [4.69, 9.17) is 5.73 Å². The highest BCUT2D eigenvalue weighted by Crippen LogP contribution is 2.26. The molecular formula is C12H16BrNOS. The maximum Gasteiger partial charge on any atom is 0.0489 e. The van der Waals surface area contributed by atoms with E-state index in [9.17, 15) is 4.21 Å². The summed E-state index contributed by atoms with van der Waals surface area (Å²) in [6, 6.07) is 5.83. The lowest BCUT2D eigenvalue weighted by molar-refractivity contribution is 0.668. The van der Waals surface area contributed by atoms with E-state index in [-0.39, 0.29) is 0 Å². The van der Waals surface area contributed by atoms with E-state index in [2.05, 4.69) is 15.9 Å². The molecule has 1 aromatic carbocycles. The molecule has 0 heterocycles. The minimum Gasteiger partial charge on any atom is -0.398 e. The third kappa shape index (κ3) is 2.86. The molecule has 1 atom stereocenters. The van der Waals surface area contributed by atoms with Crippen LogP contribution in [-0.2, 0) is 16.6 Å². The van der Waals surface area contributed by atoms with Crippen molar-refractivity contribution in [1.82, 2.24) is 0 Å². The third-order valence-corrected chi connectivity index (χ3v) is 5.60. The average molecular weight is 302 g/mol. The summed E-state index contributed by atoms with van der Waals surface area (Å²) < 4.78 is 13.0. The van der Waals surface area contributed by atoms with Gasteiger partial charge in [-0.15, -0.1) is 0 Å². The van der Waals surface area contributed by atoms with Gasteiger partial charge in [0.2, 0.25) is 0 Å². The largest absolute Gasteiger partial charge is 0.398 e. The Balaban J connectivity index is 2.02. The van der Waals surface area contributed by atoms with Crippen molar-refractivity contribution >= 4 is 32.4 Å². The molecule has 4 heteroatoms. The third-order valence-electron chi connectivity index (χ3n) is 3.04. The van der Waals surface area contributed by atoms with Gasteiger partial charge in [-0.1, -0.05) is 18.9 Å². The van der Waals surface area contributed by atoms with Gasteiger partial charge in [-0.2, -0.15) is 0 Å². The minimum atomic E-state index is -0.732. The van der Waals surface area contributed by atoms with Gasteiger partial charge in [-0.25, -0.2) is 0 Å². The zero-order chi connectivity index (χ0) is 11.5. The van der Waals surface area contributed by atoms with Gasteiger partial charge < -0.3 is 5.73 Å². The van der Waals surface area contributed by atoms with E-state index >= 15 is 0 Å². The van der Waals surface area contributed by atoms with Crippen LogP contribution in [0.2, 0.25) is 0 Å². The second-order valence-electron chi connectivity index (χ2n) is 4.29. The molecule has 0 saturated heterocycles. The molecule has 0 radical (unpaired) electrons.